The highest BCUT2D eigenvalue weighted by Crippen LogP contribution is 2.29. The number of rotatable bonds is 8. The van der Waals surface area contributed by atoms with Crippen molar-refractivity contribution in [3.63, 3.8) is 0 Å². The fraction of sp³-hybridized carbons (Fsp3) is 0.562. The summed E-state index contributed by atoms with van der Waals surface area (Å²) < 4.78 is 28.7. The first kappa shape index (κ1) is 18.7. The summed E-state index contributed by atoms with van der Waals surface area (Å²) in [7, 11) is -3.16. The molecule has 0 aliphatic carbocycles. The van der Waals surface area contributed by atoms with E-state index >= 15 is 0 Å². The summed E-state index contributed by atoms with van der Waals surface area (Å²) in [6.07, 6.45) is 1.47. The van der Waals surface area contributed by atoms with E-state index in [0.29, 0.717) is 13.0 Å². The number of hydrogen-bond acceptors (Lipinski definition) is 5. The van der Waals surface area contributed by atoms with E-state index < -0.39 is 10.0 Å². The minimum absolute atomic E-state index is 0.144. The van der Waals surface area contributed by atoms with Gasteiger partial charge in [0.05, 0.1) is 16.0 Å². The van der Waals surface area contributed by atoms with Crippen LogP contribution in [0.2, 0.25) is 0 Å². The highest BCUT2D eigenvalue weighted by atomic mass is 32.2. The number of para-hydroxylation sites is 1. The van der Waals surface area contributed by atoms with Gasteiger partial charge in [0.15, 0.2) is 4.34 Å². The third-order valence-electron chi connectivity index (χ3n) is 3.25. The Hall–Kier alpha value is -0.630. The number of sulfonamides is 1. The zero-order chi connectivity index (χ0) is 16.9. The van der Waals surface area contributed by atoms with Gasteiger partial charge in [0, 0.05) is 12.3 Å². The summed E-state index contributed by atoms with van der Waals surface area (Å²) in [5.41, 5.74) is 1.15. The predicted octanol–water partition coefficient (Wildman–Crippen LogP) is 4.13. The van der Waals surface area contributed by atoms with Crippen molar-refractivity contribution in [2.75, 3.05) is 18.1 Å². The van der Waals surface area contributed by atoms with Gasteiger partial charge in [-0.25, -0.2) is 18.1 Å². The minimum atomic E-state index is -3.16. The third kappa shape index (κ3) is 6.79. The van der Waals surface area contributed by atoms with Crippen LogP contribution in [0.4, 0.5) is 0 Å². The topological polar surface area (TPSA) is 59.1 Å². The minimum Gasteiger partial charge on any atom is -0.230 e. The van der Waals surface area contributed by atoms with E-state index in [2.05, 4.69) is 36.5 Å². The lowest BCUT2D eigenvalue weighted by Crippen LogP contribution is -2.29. The molecule has 1 heterocycles. The Bertz CT molecular complexity index is 700. The summed E-state index contributed by atoms with van der Waals surface area (Å²) in [5, 5.41) is 0. The Morgan fingerprint density at radius 1 is 1.26 bits per heavy atom. The summed E-state index contributed by atoms with van der Waals surface area (Å²) in [6.45, 7) is 6.83. The second kappa shape index (κ2) is 7.96. The summed E-state index contributed by atoms with van der Waals surface area (Å²) in [4.78, 5) is 4.54. The monoisotopic (exact) mass is 372 g/mol. The van der Waals surface area contributed by atoms with Crippen molar-refractivity contribution in [2.24, 2.45) is 5.41 Å². The lowest BCUT2D eigenvalue weighted by molar-refractivity contribution is 0.378. The number of thioether (sulfide) groups is 1. The Balaban J connectivity index is 1.71. The molecular weight excluding hydrogens is 348 g/mol. The first-order valence-electron chi connectivity index (χ1n) is 7.71. The van der Waals surface area contributed by atoms with E-state index in [4.69, 9.17) is 0 Å². The van der Waals surface area contributed by atoms with Crippen LogP contribution >= 0.6 is 23.1 Å². The second-order valence-corrected chi connectivity index (χ2v) is 11.0. The van der Waals surface area contributed by atoms with Crippen LogP contribution in [0.15, 0.2) is 28.6 Å². The third-order valence-corrected chi connectivity index (χ3v) is 6.99. The maximum atomic E-state index is 11.9. The molecular formula is C16H24N2O2S3. The molecule has 0 fully saturated rings. The average molecular weight is 373 g/mol. The molecule has 0 saturated carbocycles. The van der Waals surface area contributed by atoms with Crippen LogP contribution in [0.1, 0.15) is 33.6 Å². The van der Waals surface area contributed by atoms with Gasteiger partial charge in [-0.15, -0.1) is 11.3 Å². The van der Waals surface area contributed by atoms with E-state index in [-0.39, 0.29) is 11.2 Å². The summed E-state index contributed by atoms with van der Waals surface area (Å²) in [6, 6.07) is 8.04. The number of nitrogens with zero attached hydrogens (tertiary/aromatic N) is 1. The fourth-order valence-electron chi connectivity index (χ4n) is 1.97. The zero-order valence-corrected chi connectivity index (χ0v) is 16.3. The Morgan fingerprint density at radius 2 is 2.00 bits per heavy atom. The molecule has 1 aromatic heterocycles. The van der Waals surface area contributed by atoms with Crippen LogP contribution in [-0.4, -0.2) is 31.5 Å². The van der Waals surface area contributed by atoms with Gasteiger partial charge >= 0.3 is 0 Å². The molecule has 2 rings (SSSR count). The van der Waals surface area contributed by atoms with Gasteiger partial charge in [0.25, 0.3) is 0 Å². The maximum Gasteiger partial charge on any atom is 0.211 e. The van der Waals surface area contributed by atoms with Gasteiger partial charge in [-0.2, -0.15) is 0 Å². The summed E-state index contributed by atoms with van der Waals surface area (Å²) >= 11 is 3.29. The van der Waals surface area contributed by atoms with Crippen molar-refractivity contribution in [3.8, 4) is 0 Å². The van der Waals surface area contributed by atoms with E-state index in [1.807, 2.05) is 18.2 Å². The van der Waals surface area contributed by atoms with Crippen LogP contribution in [0.25, 0.3) is 10.2 Å². The Morgan fingerprint density at radius 3 is 2.70 bits per heavy atom. The van der Waals surface area contributed by atoms with Crippen molar-refractivity contribution in [3.05, 3.63) is 24.3 Å². The zero-order valence-electron chi connectivity index (χ0n) is 13.8. The van der Waals surface area contributed by atoms with Crippen LogP contribution in [0, 0.1) is 5.41 Å². The lowest BCUT2D eigenvalue weighted by atomic mass is 9.93. The quantitative estimate of drug-likeness (QED) is 0.559. The molecule has 0 atom stereocenters. The number of thiazole rings is 1. The Labute approximate surface area is 147 Å². The number of aromatic nitrogens is 1. The molecule has 0 spiro atoms. The first-order valence-corrected chi connectivity index (χ1v) is 11.2. The van der Waals surface area contributed by atoms with Crippen LogP contribution in [-0.2, 0) is 10.0 Å². The molecule has 0 aliphatic rings. The second-order valence-electron chi connectivity index (χ2n) is 6.67. The number of benzene rings is 1. The van der Waals surface area contributed by atoms with E-state index in [0.717, 1.165) is 22.0 Å². The van der Waals surface area contributed by atoms with E-state index in [9.17, 15) is 8.42 Å². The molecule has 0 amide bonds. The highest BCUT2D eigenvalue weighted by molar-refractivity contribution is 8.01. The van der Waals surface area contributed by atoms with Gasteiger partial charge in [-0.1, -0.05) is 44.7 Å². The molecule has 128 valence electrons. The molecule has 23 heavy (non-hydrogen) atoms. The first-order chi connectivity index (χ1) is 10.8. The highest BCUT2D eigenvalue weighted by Gasteiger charge is 2.14. The number of nitrogens with one attached hydrogen (secondary N) is 1. The standard InChI is InChI=1S/C16H24N2O2S3/c1-16(2,3)9-10-17-23(19,20)12-6-11-21-15-18-13-7-4-5-8-14(13)22-15/h4-5,7-8,17H,6,9-12H2,1-3H3. The smallest absolute Gasteiger partial charge is 0.211 e. The molecule has 0 aliphatic heterocycles. The SMILES string of the molecule is CC(C)(C)CCNS(=O)(=O)CCCSc1nc2ccccc2s1. The largest absolute Gasteiger partial charge is 0.230 e. The van der Waals surface area contributed by atoms with Gasteiger partial charge in [0.1, 0.15) is 0 Å². The normalized spacial score (nSPS) is 12.8. The molecule has 1 aromatic carbocycles. The Kier molecular flexibility index (Phi) is 6.48. The van der Waals surface area contributed by atoms with E-state index in [1.54, 1.807) is 23.1 Å². The molecule has 4 nitrogen and oxygen atoms in total. The predicted molar refractivity (Wildman–Crippen MR) is 101 cm³/mol. The van der Waals surface area contributed by atoms with Crippen LogP contribution in [0.5, 0.6) is 0 Å². The summed E-state index contributed by atoms with van der Waals surface area (Å²) in [5.74, 6) is 0.940. The lowest BCUT2D eigenvalue weighted by Gasteiger charge is -2.18. The van der Waals surface area contributed by atoms with E-state index in [1.165, 1.54) is 4.70 Å². The van der Waals surface area contributed by atoms with Gasteiger partial charge < -0.3 is 0 Å². The van der Waals surface area contributed by atoms with Gasteiger partial charge in [-0.3, -0.25) is 0 Å². The van der Waals surface area contributed by atoms with Gasteiger partial charge in [0.2, 0.25) is 10.0 Å². The molecule has 0 radical (unpaired) electrons. The molecule has 0 saturated heterocycles. The van der Waals surface area contributed by atoms with Crippen molar-refractivity contribution in [1.29, 1.82) is 0 Å². The molecule has 0 bridgehead atoms. The molecule has 0 unspecified atom stereocenters. The van der Waals surface area contributed by atoms with Gasteiger partial charge in [-0.05, 0) is 30.4 Å². The van der Waals surface area contributed by atoms with Crippen molar-refractivity contribution >= 4 is 43.3 Å². The van der Waals surface area contributed by atoms with Crippen molar-refractivity contribution in [1.82, 2.24) is 9.71 Å². The van der Waals surface area contributed by atoms with Crippen LogP contribution in [0.3, 0.4) is 0 Å². The number of fused-ring (bicyclic) bond motifs is 1. The molecule has 7 heteroatoms. The molecule has 1 N–H and O–H groups in total. The fourth-order valence-corrected chi connectivity index (χ4v) is 5.32. The average Bonchev–Trinajstić information content (AvgIpc) is 2.84. The maximum absolute atomic E-state index is 11.9. The molecule has 2 aromatic rings. The van der Waals surface area contributed by atoms with Crippen molar-refractivity contribution < 1.29 is 8.42 Å². The number of hydrogen-bond donors (Lipinski definition) is 1. The van der Waals surface area contributed by atoms with Crippen molar-refractivity contribution in [2.45, 2.75) is 38.0 Å². The van der Waals surface area contributed by atoms with Crippen LogP contribution < -0.4 is 4.72 Å².